The van der Waals surface area contributed by atoms with Crippen LogP contribution < -0.4 is 11.1 Å². The first-order valence-corrected chi connectivity index (χ1v) is 3.99. The lowest BCUT2D eigenvalue weighted by atomic mass is 9.90. The van der Waals surface area contributed by atoms with Crippen LogP contribution in [0.25, 0.3) is 0 Å². The molecule has 0 amide bonds. The second-order valence-corrected chi connectivity index (χ2v) is 3.25. The maximum Gasteiger partial charge on any atom is 0.00391 e. The summed E-state index contributed by atoms with van der Waals surface area (Å²) >= 11 is 0. The lowest BCUT2D eigenvalue weighted by Gasteiger charge is -2.22. The molecule has 0 heterocycles. The van der Waals surface area contributed by atoms with Gasteiger partial charge in [0.15, 0.2) is 0 Å². The van der Waals surface area contributed by atoms with Crippen molar-refractivity contribution in [3.63, 3.8) is 0 Å². The van der Waals surface area contributed by atoms with E-state index in [1.165, 1.54) is 0 Å². The first-order chi connectivity index (χ1) is 4.59. The van der Waals surface area contributed by atoms with Crippen LogP contribution in [-0.4, -0.2) is 19.6 Å². The summed E-state index contributed by atoms with van der Waals surface area (Å²) in [5.41, 5.74) is 5.74. The molecule has 3 atom stereocenters. The Hall–Kier alpha value is -0.0800. The van der Waals surface area contributed by atoms with Crippen LogP contribution in [0.4, 0.5) is 0 Å². The van der Waals surface area contributed by atoms with Crippen molar-refractivity contribution in [3.8, 4) is 0 Å². The summed E-state index contributed by atoms with van der Waals surface area (Å²) < 4.78 is 0. The van der Waals surface area contributed by atoms with E-state index in [0.717, 1.165) is 6.54 Å². The monoisotopic (exact) mass is 144 g/mol. The van der Waals surface area contributed by atoms with Gasteiger partial charge in [0.1, 0.15) is 0 Å². The third-order valence-corrected chi connectivity index (χ3v) is 2.25. The summed E-state index contributed by atoms with van der Waals surface area (Å²) in [5, 5.41) is 3.15. The Morgan fingerprint density at radius 1 is 1.30 bits per heavy atom. The second-order valence-electron chi connectivity index (χ2n) is 3.25. The van der Waals surface area contributed by atoms with E-state index in [2.05, 4.69) is 26.1 Å². The minimum absolute atomic E-state index is 0.309. The van der Waals surface area contributed by atoms with Gasteiger partial charge in [-0.05, 0) is 32.4 Å². The first kappa shape index (κ1) is 9.92. The van der Waals surface area contributed by atoms with E-state index in [4.69, 9.17) is 5.73 Å². The molecule has 2 nitrogen and oxygen atoms in total. The Labute approximate surface area is 64.2 Å². The maximum absolute atomic E-state index is 5.74. The van der Waals surface area contributed by atoms with Gasteiger partial charge in [0, 0.05) is 6.04 Å². The van der Waals surface area contributed by atoms with E-state index in [9.17, 15) is 0 Å². The first-order valence-electron chi connectivity index (χ1n) is 3.99. The molecule has 0 bridgehead atoms. The highest BCUT2D eigenvalue weighted by molar-refractivity contribution is 4.70. The van der Waals surface area contributed by atoms with Crippen LogP contribution in [0.1, 0.15) is 20.8 Å². The molecule has 3 unspecified atom stereocenters. The molecule has 0 aromatic rings. The third kappa shape index (κ3) is 3.18. The van der Waals surface area contributed by atoms with Gasteiger partial charge in [-0.2, -0.15) is 0 Å². The minimum atomic E-state index is 0.309. The number of rotatable bonds is 4. The van der Waals surface area contributed by atoms with Gasteiger partial charge in [-0.1, -0.05) is 13.8 Å². The van der Waals surface area contributed by atoms with Crippen LogP contribution in [0, 0.1) is 11.8 Å². The van der Waals surface area contributed by atoms with Crippen molar-refractivity contribution in [2.75, 3.05) is 13.6 Å². The molecule has 10 heavy (non-hydrogen) atoms. The average Bonchev–Trinajstić information content (AvgIpc) is 1.87. The summed E-state index contributed by atoms with van der Waals surface area (Å²) in [7, 11) is 1.98. The van der Waals surface area contributed by atoms with Gasteiger partial charge in [-0.15, -0.1) is 0 Å². The lowest BCUT2D eigenvalue weighted by Crippen LogP contribution is -2.33. The highest BCUT2D eigenvalue weighted by Gasteiger charge is 2.14. The fourth-order valence-electron chi connectivity index (χ4n) is 1.03. The second kappa shape index (κ2) is 4.69. The molecular formula is C8H20N2. The molecule has 0 aliphatic rings. The Bertz CT molecular complexity index is 81.3. The van der Waals surface area contributed by atoms with Crippen LogP contribution in [-0.2, 0) is 0 Å². The molecule has 0 saturated carbocycles. The molecule has 0 fully saturated rings. The van der Waals surface area contributed by atoms with Crippen molar-refractivity contribution in [2.24, 2.45) is 17.6 Å². The molecule has 0 aromatic carbocycles. The molecule has 0 spiro atoms. The summed E-state index contributed by atoms with van der Waals surface area (Å²) in [4.78, 5) is 0. The van der Waals surface area contributed by atoms with E-state index in [-0.39, 0.29) is 0 Å². The fraction of sp³-hybridized carbons (Fsp3) is 1.00. The van der Waals surface area contributed by atoms with Crippen LogP contribution in [0.2, 0.25) is 0 Å². The third-order valence-electron chi connectivity index (χ3n) is 2.25. The Morgan fingerprint density at radius 3 is 2.10 bits per heavy atom. The van der Waals surface area contributed by atoms with Crippen LogP contribution in [0.5, 0.6) is 0 Å². The molecular weight excluding hydrogens is 124 g/mol. The van der Waals surface area contributed by atoms with E-state index in [0.29, 0.717) is 17.9 Å². The van der Waals surface area contributed by atoms with Gasteiger partial charge in [0.25, 0.3) is 0 Å². The summed E-state index contributed by atoms with van der Waals surface area (Å²) in [6, 6.07) is 0.309. The molecule has 3 N–H and O–H groups in total. The standard InChI is InChI=1S/C8H20N2/c1-6(5-10-4)7(2)8(3)9/h6-8,10H,5,9H2,1-4H3. The SMILES string of the molecule is CNCC(C)C(C)C(C)N. The number of hydrogen-bond donors (Lipinski definition) is 2. The van der Waals surface area contributed by atoms with E-state index in [1.54, 1.807) is 0 Å². The highest BCUT2D eigenvalue weighted by atomic mass is 14.8. The van der Waals surface area contributed by atoms with Crippen LogP contribution >= 0.6 is 0 Å². The summed E-state index contributed by atoms with van der Waals surface area (Å²) in [6.07, 6.45) is 0. The van der Waals surface area contributed by atoms with Gasteiger partial charge in [0.2, 0.25) is 0 Å². The minimum Gasteiger partial charge on any atom is -0.328 e. The van der Waals surface area contributed by atoms with Gasteiger partial charge >= 0.3 is 0 Å². The molecule has 62 valence electrons. The van der Waals surface area contributed by atoms with Gasteiger partial charge in [-0.3, -0.25) is 0 Å². The zero-order valence-electron chi connectivity index (χ0n) is 7.52. The number of nitrogens with two attached hydrogens (primary N) is 1. The Kier molecular flexibility index (Phi) is 4.65. The quantitative estimate of drug-likeness (QED) is 0.613. The average molecular weight is 144 g/mol. The van der Waals surface area contributed by atoms with Crippen LogP contribution in [0.15, 0.2) is 0 Å². The van der Waals surface area contributed by atoms with Crippen LogP contribution in [0.3, 0.4) is 0 Å². The zero-order chi connectivity index (χ0) is 8.15. The van der Waals surface area contributed by atoms with Crippen molar-refractivity contribution < 1.29 is 0 Å². The molecule has 0 saturated heterocycles. The molecule has 2 heteroatoms. The highest BCUT2D eigenvalue weighted by Crippen LogP contribution is 2.12. The van der Waals surface area contributed by atoms with Crippen molar-refractivity contribution >= 4 is 0 Å². The smallest absolute Gasteiger partial charge is 0.00391 e. The normalized spacial score (nSPS) is 20.1. The van der Waals surface area contributed by atoms with Crippen molar-refractivity contribution in [1.82, 2.24) is 5.32 Å². The Balaban J connectivity index is 3.58. The molecule has 0 aromatic heterocycles. The summed E-state index contributed by atoms with van der Waals surface area (Å²) in [6.45, 7) is 7.55. The van der Waals surface area contributed by atoms with E-state index in [1.807, 2.05) is 7.05 Å². The Morgan fingerprint density at radius 2 is 1.80 bits per heavy atom. The van der Waals surface area contributed by atoms with Crippen molar-refractivity contribution in [1.29, 1.82) is 0 Å². The predicted octanol–water partition coefficient (Wildman–Crippen LogP) is 0.825. The molecule has 0 rings (SSSR count). The summed E-state index contributed by atoms with van der Waals surface area (Å²) in [5.74, 6) is 1.28. The fourth-order valence-corrected chi connectivity index (χ4v) is 1.03. The van der Waals surface area contributed by atoms with Gasteiger partial charge in [-0.25, -0.2) is 0 Å². The van der Waals surface area contributed by atoms with Crippen molar-refractivity contribution in [2.45, 2.75) is 26.8 Å². The molecule has 0 radical (unpaired) electrons. The van der Waals surface area contributed by atoms with E-state index >= 15 is 0 Å². The van der Waals surface area contributed by atoms with Gasteiger partial charge < -0.3 is 11.1 Å². The van der Waals surface area contributed by atoms with E-state index < -0.39 is 0 Å². The number of nitrogens with one attached hydrogen (secondary N) is 1. The van der Waals surface area contributed by atoms with Crippen molar-refractivity contribution in [3.05, 3.63) is 0 Å². The molecule has 0 aliphatic carbocycles. The lowest BCUT2D eigenvalue weighted by molar-refractivity contribution is 0.331. The molecule has 0 aliphatic heterocycles. The topological polar surface area (TPSA) is 38.0 Å². The predicted molar refractivity (Wildman–Crippen MR) is 45.9 cm³/mol. The van der Waals surface area contributed by atoms with Gasteiger partial charge in [0.05, 0.1) is 0 Å². The number of hydrogen-bond acceptors (Lipinski definition) is 2. The largest absolute Gasteiger partial charge is 0.328 e. The maximum atomic E-state index is 5.74. The zero-order valence-corrected chi connectivity index (χ0v) is 7.52.